The molecular weight excluding hydrogens is 370 g/mol. The summed E-state index contributed by atoms with van der Waals surface area (Å²) in [6.45, 7) is 5.70. The molecule has 2 aromatic rings. The minimum absolute atomic E-state index is 0.156. The summed E-state index contributed by atoms with van der Waals surface area (Å²) in [5.41, 5.74) is 3.50. The molecule has 0 unspecified atom stereocenters. The Morgan fingerprint density at radius 2 is 1.75 bits per heavy atom. The van der Waals surface area contributed by atoms with Crippen molar-refractivity contribution in [1.82, 2.24) is 4.90 Å². The number of amides is 1. The van der Waals surface area contributed by atoms with Gasteiger partial charge in [0.15, 0.2) is 5.17 Å². The van der Waals surface area contributed by atoms with Crippen molar-refractivity contribution in [3.63, 3.8) is 0 Å². The molecule has 2 heterocycles. The second kappa shape index (κ2) is 8.10. The maximum atomic E-state index is 12.3. The van der Waals surface area contributed by atoms with Gasteiger partial charge in [-0.25, -0.2) is 0 Å². The third kappa shape index (κ3) is 4.07. The first-order valence-corrected chi connectivity index (χ1v) is 10.2. The molecule has 0 atom stereocenters. The van der Waals surface area contributed by atoms with E-state index < -0.39 is 0 Å². The van der Waals surface area contributed by atoms with Crippen LogP contribution in [0.2, 0.25) is 0 Å². The van der Waals surface area contributed by atoms with E-state index in [-0.39, 0.29) is 5.91 Å². The molecule has 0 aromatic heterocycles. The number of methoxy groups -OCH3 is 1. The van der Waals surface area contributed by atoms with Crippen LogP contribution in [0, 0.1) is 6.92 Å². The molecule has 0 N–H and O–H groups in total. The smallest absolute Gasteiger partial charge is 0.286 e. The molecule has 144 valence electrons. The SMILES string of the molecule is COc1ccc(/C=C2/SC(N3CCN(c4cccc(C)c4)CC3)=NC2=O)cc1. The number of nitrogens with zero attached hydrogens (tertiary/aromatic N) is 3. The lowest BCUT2D eigenvalue weighted by molar-refractivity contribution is -0.113. The Labute approximate surface area is 169 Å². The number of anilines is 1. The zero-order valence-electron chi connectivity index (χ0n) is 16.1. The van der Waals surface area contributed by atoms with Gasteiger partial charge in [0, 0.05) is 31.9 Å². The van der Waals surface area contributed by atoms with E-state index in [1.165, 1.54) is 23.0 Å². The zero-order chi connectivity index (χ0) is 19.5. The highest BCUT2D eigenvalue weighted by Crippen LogP contribution is 2.31. The molecule has 5 nitrogen and oxygen atoms in total. The van der Waals surface area contributed by atoms with Crippen LogP contribution >= 0.6 is 11.8 Å². The third-order valence-electron chi connectivity index (χ3n) is 4.94. The van der Waals surface area contributed by atoms with Gasteiger partial charge in [0.2, 0.25) is 0 Å². The normalized spacial score (nSPS) is 18.6. The van der Waals surface area contributed by atoms with Gasteiger partial charge in [0.25, 0.3) is 5.91 Å². The van der Waals surface area contributed by atoms with Crippen LogP contribution in [0.5, 0.6) is 5.75 Å². The molecule has 0 spiro atoms. The number of aryl methyl sites for hydroxylation is 1. The average molecular weight is 394 g/mol. The number of hydrogen-bond acceptors (Lipinski definition) is 5. The van der Waals surface area contributed by atoms with Crippen molar-refractivity contribution >= 4 is 34.6 Å². The minimum atomic E-state index is -0.156. The van der Waals surface area contributed by atoms with E-state index in [1.807, 2.05) is 30.3 Å². The fraction of sp³-hybridized carbons (Fsp3) is 0.273. The number of carbonyl (C=O) groups is 1. The van der Waals surface area contributed by atoms with Gasteiger partial charge in [-0.2, -0.15) is 4.99 Å². The summed E-state index contributed by atoms with van der Waals surface area (Å²) < 4.78 is 5.18. The maximum absolute atomic E-state index is 12.3. The zero-order valence-corrected chi connectivity index (χ0v) is 16.9. The van der Waals surface area contributed by atoms with Crippen LogP contribution in [-0.2, 0) is 4.79 Å². The van der Waals surface area contributed by atoms with Crippen LogP contribution in [-0.4, -0.2) is 49.3 Å². The Balaban J connectivity index is 1.39. The average Bonchev–Trinajstić information content (AvgIpc) is 3.09. The Bertz CT molecular complexity index is 929. The summed E-state index contributed by atoms with van der Waals surface area (Å²) in [4.78, 5) is 21.9. The van der Waals surface area contributed by atoms with Gasteiger partial charge in [0.05, 0.1) is 12.0 Å². The largest absolute Gasteiger partial charge is 0.497 e. The van der Waals surface area contributed by atoms with Crippen LogP contribution in [0.4, 0.5) is 5.69 Å². The summed E-state index contributed by atoms with van der Waals surface area (Å²) in [5.74, 6) is 0.646. The van der Waals surface area contributed by atoms with E-state index in [0.29, 0.717) is 4.91 Å². The van der Waals surface area contributed by atoms with Crippen molar-refractivity contribution < 1.29 is 9.53 Å². The Hall–Kier alpha value is -2.73. The Kier molecular flexibility index (Phi) is 5.39. The van der Waals surface area contributed by atoms with Crippen molar-refractivity contribution in [3.8, 4) is 5.75 Å². The van der Waals surface area contributed by atoms with Crippen LogP contribution in [0.15, 0.2) is 58.4 Å². The summed E-state index contributed by atoms with van der Waals surface area (Å²) in [6, 6.07) is 16.3. The molecule has 0 radical (unpaired) electrons. The molecule has 2 aliphatic heterocycles. The van der Waals surface area contributed by atoms with Crippen molar-refractivity contribution in [3.05, 3.63) is 64.6 Å². The number of aliphatic imine (C=N–C) groups is 1. The second-order valence-corrected chi connectivity index (χ2v) is 7.91. The number of benzene rings is 2. The highest BCUT2D eigenvalue weighted by atomic mass is 32.2. The number of carbonyl (C=O) groups excluding carboxylic acids is 1. The monoisotopic (exact) mass is 393 g/mol. The standard InChI is InChI=1S/C22H23N3O2S/c1-16-4-3-5-18(14-16)24-10-12-25(13-11-24)22-23-21(26)20(28-22)15-17-6-8-19(27-2)9-7-17/h3-9,14-15H,10-13H2,1-2H3/b20-15+. The number of hydrogen-bond donors (Lipinski definition) is 0. The van der Waals surface area contributed by atoms with Gasteiger partial charge in [-0.3, -0.25) is 4.79 Å². The van der Waals surface area contributed by atoms with Gasteiger partial charge < -0.3 is 14.5 Å². The molecule has 2 aromatic carbocycles. The van der Waals surface area contributed by atoms with Crippen LogP contribution in [0.3, 0.4) is 0 Å². The first-order valence-electron chi connectivity index (χ1n) is 9.35. The maximum Gasteiger partial charge on any atom is 0.286 e. The van der Waals surface area contributed by atoms with E-state index >= 15 is 0 Å². The van der Waals surface area contributed by atoms with E-state index in [0.717, 1.165) is 42.7 Å². The van der Waals surface area contributed by atoms with Crippen LogP contribution in [0.25, 0.3) is 6.08 Å². The van der Waals surface area contributed by atoms with Gasteiger partial charge >= 0.3 is 0 Å². The molecule has 0 bridgehead atoms. The number of rotatable bonds is 3. The van der Waals surface area contributed by atoms with Crippen molar-refractivity contribution in [1.29, 1.82) is 0 Å². The van der Waals surface area contributed by atoms with E-state index in [4.69, 9.17) is 4.74 Å². The Morgan fingerprint density at radius 1 is 1.04 bits per heavy atom. The van der Waals surface area contributed by atoms with E-state index in [9.17, 15) is 4.79 Å². The van der Waals surface area contributed by atoms with Gasteiger partial charge in [-0.05, 0) is 60.2 Å². The molecule has 1 amide bonds. The molecule has 1 fully saturated rings. The van der Waals surface area contributed by atoms with Crippen LogP contribution in [0.1, 0.15) is 11.1 Å². The first-order chi connectivity index (χ1) is 13.6. The molecule has 2 aliphatic rings. The summed E-state index contributed by atoms with van der Waals surface area (Å²) in [5, 5.41) is 0.814. The molecule has 1 saturated heterocycles. The summed E-state index contributed by atoms with van der Waals surface area (Å²) in [6.07, 6.45) is 1.89. The fourth-order valence-electron chi connectivity index (χ4n) is 3.37. The predicted molar refractivity (Wildman–Crippen MR) is 116 cm³/mol. The molecular formula is C22H23N3O2S. The molecule has 6 heteroatoms. The number of ether oxygens (including phenoxy) is 1. The lowest BCUT2D eigenvalue weighted by atomic mass is 10.2. The van der Waals surface area contributed by atoms with Crippen molar-refractivity contribution in [2.45, 2.75) is 6.92 Å². The quantitative estimate of drug-likeness (QED) is 0.743. The molecule has 4 rings (SSSR count). The van der Waals surface area contributed by atoms with Gasteiger partial charge in [0.1, 0.15) is 5.75 Å². The van der Waals surface area contributed by atoms with Crippen molar-refractivity contribution in [2.24, 2.45) is 4.99 Å². The molecule has 0 saturated carbocycles. The lowest BCUT2D eigenvalue weighted by Gasteiger charge is -2.36. The van der Waals surface area contributed by atoms with Crippen molar-refractivity contribution in [2.75, 3.05) is 38.2 Å². The lowest BCUT2D eigenvalue weighted by Crippen LogP contribution is -2.47. The van der Waals surface area contributed by atoms with Gasteiger partial charge in [-0.15, -0.1) is 0 Å². The van der Waals surface area contributed by atoms with Gasteiger partial charge in [-0.1, -0.05) is 24.3 Å². The highest BCUT2D eigenvalue weighted by Gasteiger charge is 2.28. The Morgan fingerprint density at radius 3 is 2.43 bits per heavy atom. The fourth-order valence-corrected chi connectivity index (χ4v) is 4.33. The summed E-state index contributed by atoms with van der Waals surface area (Å²) >= 11 is 1.47. The number of amidine groups is 1. The highest BCUT2D eigenvalue weighted by molar-refractivity contribution is 8.18. The topological polar surface area (TPSA) is 45.1 Å². The second-order valence-electron chi connectivity index (χ2n) is 6.90. The number of thioether (sulfide) groups is 1. The number of piperazine rings is 1. The third-order valence-corrected chi connectivity index (χ3v) is 5.98. The molecule has 28 heavy (non-hydrogen) atoms. The predicted octanol–water partition coefficient (Wildman–Crippen LogP) is 3.80. The van der Waals surface area contributed by atoms with E-state index in [1.54, 1.807) is 7.11 Å². The molecule has 0 aliphatic carbocycles. The van der Waals surface area contributed by atoms with E-state index in [2.05, 4.69) is 46.0 Å². The minimum Gasteiger partial charge on any atom is -0.497 e. The first kappa shape index (κ1) is 18.6. The summed E-state index contributed by atoms with van der Waals surface area (Å²) in [7, 11) is 1.64. The van der Waals surface area contributed by atoms with Crippen LogP contribution < -0.4 is 9.64 Å².